The van der Waals surface area contributed by atoms with Crippen LogP contribution in [0.1, 0.15) is 18.0 Å². The van der Waals surface area contributed by atoms with Crippen molar-refractivity contribution in [3.63, 3.8) is 0 Å². The summed E-state index contributed by atoms with van der Waals surface area (Å²) in [5, 5.41) is 2.96. The minimum absolute atomic E-state index is 0. The number of halogens is 1. The first-order valence-corrected chi connectivity index (χ1v) is 7.93. The molecule has 0 unspecified atom stereocenters. The zero-order chi connectivity index (χ0) is 16.9. The molecule has 1 aliphatic heterocycles. The van der Waals surface area contributed by atoms with Crippen LogP contribution in [0.3, 0.4) is 0 Å². The van der Waals surface area contributed by atoms with Crippen LogP contribution in [0.5, 0.6) is 0 Å². The molecule has 0 bridgehead atoms. The number of guanidine groups is 1. The van der Waals surface area contributed by atoms with Gasteiger partial charge in [0.1, 0.15) is 5.82 Å². The van der Waals surface area contributed by atoms with E-state index in [9.17, 15) is 4.79 Å². The van der Waals surface area contributed by atoms with Crippen molar-refractivity contribution in [3.05, 3.63) is 60.3 Å². The van der Waals surface area contributed by atoms with Gasteiger partial charge >= 0.3 is 0 Å². The van der Waals surface area contributed by atoms with Crippen LogP contribution in [-0.4, -0.2) is 35.3 Å². The lowest BCUT2D eigenvalue weighted by Crippen LogP contribution is -2.27. The molecule has 1 aromatic heterocycles. The number of hydrogen-bond acceptors (Lipinski definition) is 3. The van der Waals surface area contributed by atoms with Crippen LogP contribution >= 0.6 is 24.0 Å². The molecule has 25 heavy (non-hydrogen) atoms. The predicted molar refractivity (Wildman–Crippen MR) is 110 cm³/mol. The number of carbonyl (C=O) groups is 1. The van der Waals surface area contributed by atoms with Crippen molar-refractivity contribution in [2.75, 3.05) is 18.9 Å². The second-order valence-electron chi connectivity index (χ2n) is 5.89. The van der Waals surface area contributed by atoms with Gasteiger partial charge in [-0.3, -0.25) is 9.79 Å². The molecule has 6 nitrogen and oxygen atoms in total. The molecular formula is C18H22IN5O. The van der Waals surface area contributed by atoms with E-state index < -0.39 is 0 Å². The summed E-state index contributed by atoms with van der Waals surface area (Å²) in [5.74, 6) is 1.20. The molecule has 1 saturated heterocycles. The third-order valence-electron chi connectivity index (χ3n) is 4.25. The molecule has 1 aliphatic rings. The Bertz CT molecular complexity index is 723. The molecule has 132 valence electrons. The smallest absolute Gasteiger partial charge is 0.223 e. The predicted octanol–water partition coefficient (Wildman–Crippen LogP) is 2.65. The molecule has 3 N–H and O–H groups in total. The molecule has 1 amide bonds. The number of anilines is 1. The van der Waals surface area contributed by atoms with Gasteiger partial charge in [-0.15, -0.1) is 24.0 Å². The van der Waals surface area contributed by atoms with Gasteiger partial charge in [-0.2, -0.15) is 0 Å². The normalized spacial score (nSPS) is 20.3. The van der Waals surface area contributed by atoms with Crippen molar-refractivity contribution in [2.45, 2.75) is 12.5 Å². The number of hydrogen-bond donors (Lipinski definition) is 2. The lowest BCUT2D eigenvalue weighted by atomic mass is 9.94. The van der Waals surface area contributed by atoms with Gasteiger partial charge in [-0.05, 0) is 17.7 Å². The number of benzene rings is 1. The Morgan fingerprint density at radius 2 is 2.00 bits per heavy atom. The molecule has 1 aromatic carbocycles. The van der Waals surface area contributed by atoms with E-state index in [4.69, 9.17) is 5.73 Å². The van der Waals surface area contributed by atoms with Gasteiger partial charge in [0.2, 0.25) is 5.91 Å². The van der Waals surface area contributed by atoms with E-state index in [1.807, 2.05) is 55.6 Å². The van der Waals surface area contributed by atoms with Crippen molar-refractivity contribution < 1.29 is 4.79 Å². The molecule has 2 atom stereocenters. The second-order valence-corrected chi connectivity index (χ2v) is 5.89. The van der Waals surface area contributed by atoms with E-state index in [-0.39, 0.29) is 41.8 Å². The molecule has 0 spiro atoms. The Morgan fingerprint density at radius 3 is 2.68 bits per heavy atom. The highest BCUT2D eigenvalue weighted by atomic mass is 127. The van der Waals surface area contributed by atoms with Crippen LogP contribution in [0.25, 0.3) is 0 Å². The summed E-state index contributed by atoms with van der Waals surface area (Å²) in [6.07, 6.45) is 2.17. The number of aromatic nitrogens is 1. The van der Waals surface area contributed by atoms with Crippen LogP contribution in [0.15, 0.2) is 59.7 Å². The van der Waals surface area contributed by atoms with Crippen molar-refractivity contribution in [3.8, 4) is 0 Å². The maximum atomic E-state index is 12.1. The van der Waals surface area contributed by atoms with E-state index >= 15 is 0 Å². The SMILES string of the molecule is CN1C(=O)C[C@@H](CN=C(N)Nc2ccccn2)[C@@H]1c1ccccc1.I. The Hall–Kier alpha value is -2.16. The fourth-order valence-corrected chi connectivity index (χ4v) is 3.08. The van der Waals surface area contributed by atoms with Crippen LogP contribution in [0.4, 0.5) is 5.82 Å². The number of nitrogens with two attached hydrogens (primary N) is 1. The maximum absolute atomic E-state index is 12.1. The molecule has 7 heteroatoms. The van der Waals surface area contributed by atoms with Crippen molar-refractivity contribution in [1.29, 1.82) is 0 Å². The van der Waals surface area contributed by atoms with Crippen LogP contribution in [0, 0.1) is 5.92 Å². The molecular weight excluding hydrogens is 429 g/mol. The zero-order valence-electron chi connectivity index (χ0n) is 14.0. The third kappa shape index (κ3) is 4.68. The van der Waals surface area contributed by atoms with Gasteiger partial charge < -0.3 is 16.0 Å². The standard InChI is InChI=1S/C18H21N5O.HI/c1-23-16(24)11-14(17(23)13-7-3-2-4-8-13)12-21-18(19)22-15-9-5-6-10-20-15;/h2-10,14,17H,11-12H2,1H3,(H3,19,20,21,22);1H/t14-,17-;/m0./s1. The number of aliphatic imine (C=N–C) groups is 1. The number of nitrogens with zero attached hydrogens (tertiary/aromatic N) is 3. The zero-order valence-corrected chi connectivity index (χ0v) is 16.3. The quantitative estimate of drug-likeness (QED) is 0.426. The van der Waals surface area contributed by atoms with Crippen molar-refractivity contribution in [1.82, 2.24) is 9.88 Å². The summed E-state index contributed by atoms with van der Waals surface area (Å²) in [5.41, 5.74) is 7.06. The fourth-order valence-electron chi connectivity index (χ4n) is 3.08. The van der Waals surface area contributed by atoms with E-state index in [0.29, 0.717) is 24.7 Å². The minimum atomic E-state index is 0. The topological polar surface area (TPSA) is 83.6 Å². The van der Waals surface area contributed by atoms with Crippen LogP contribution in [0.2, 0.25) is 0 Å². The summed E-state index contributed by atoms with van der Waals surface area (Å²) >= 11 is 0. The lowest BCUT2D eigenvalue weighted by molar-refractivity contribution is -0.127. The summed E-state index contributed by atoms with van der Waals surface area (Å²) in [6.45, 7) is 0.487. The fraction of sp³-hybridized carbons (Fsp3) is 0.278. The highest BCUT2D eigenvalue weighted by Crippen LogP contribution is 2.36. The van der Waals surface area contributed by atoms with E-state index in [1.54, 1.807) is 11.1 Å². The van der Waals surface area contributed by atoms with Gasteiger partial charge in [0.05, 0.1) is 6.04 Å². The molecule has 0 radical (unpaired) electrons. The highest BCUT2D eigenvalue weighted by Gasteiger charge is 2.38. The van der Waals surface area contributed by atoms with E-state index in [1.165, 1.54) is 0 Å². The van der Waals surface area contributed by atoms with Gasteiger partial charge in [-0.25, -0.2) is 4.98 Å². The monoisotopic (exact) mass is 451 g/mol. The second kappa shape index (κ2) is 8.80. The number of likely N-dealkylation sites (tertiary alicyclic amines) is 1. The molecule has 1 fully saturated rings. The Labute approximate surface area is 164 Å². The Morgan fingerprint density at radius 1 is 1.28 bits per heavy atom. The van der Waals surface area contributed by atoms with Gasteiger partial charge in [0.25, 0.3) is 0 Å². The Balaban J connectivity index is 0.00000225. The summed E-state index contributed by atoms with van der Waals surface area (Å²) in [6, 6.07) is 15.6. The third-order valence-corrected chi connectivity index (χ3v) is 4.25. The number of nitrogens with one attached hydrogen (secondary N) is 1. The molecule has 3 rings (SSSR count). The first kappa shape index (κ1) is 19.2. The summed E-state index contributed by atoms with van der Waals surface area (Å²) in [7, 11) is 1.85. The van der Waals surface area contributed by atoms with E-state index in [0.717, 1.165) is 5.56 Å². The first-order chi connectivity index (χ1) is 11.6. The number of rotatable bonds is 4. The van der Waals surface area contributed by atoms with Crippen LogP contribution < -0.4 is 11.1 Å². The maximum Gasteiger partial charge on any atom is 0.223 e. The van der Waals surface area contributed by atoms with Gasteiger partial charge in [0.15, 0.2) is 5.96 Å². The van der Waals surface area contributed by atoms with Crippen molar-refractivity contribution in [2.24, 2.45) is 16.6 Å². The number of pyridine rings is 1. The summed E-state index contributed by atoms with van der Waals surface area (Å²) < 4.78 is 0. The molecule has 2 aromatic rings. The van der Waals surface area contributed by atoms with E-state index in [2.05, 4.69) is 15.3 Å². The molecule has 0 aliphatic carbocycles. The average Bonchev–Trinajstić information content (AvgIpc) is 2.89. The Kier molecular flexibility index (Phi) is 6.74. The number of carbonyl (C=O) groups excluding carboxylic acids is 1. The average molecular weight is 451 g/mol. The number of amides is 1. The minimum Gasteiger partial charge on any atom is -0.370 e. The molecule has 0 saturated carbocycles. The van der Waals surface area contributed by atoms with Gasteiger partial charge in [-0.1, -0.05) is 36.4 Å². The highest BCUT2D eigenvalue weighted by molar-refractivity contribution is 14.0. The lowest BCUT2D eigenvalue weighted by Gasteiger charge is -2.24. The largest absolute Gasteiger partial charge is 0.370 e. The molecule has 2 heterocycles. The van der Waals surface area contributed by atoms with Crippen LogP contribution in [-0.2, 0) is 4.79 Å². The first-order valence-electron chi connectivity index (χ1n) is 7.93. The summed E-state index contributed by atoms with van der Waals surface area (Å²) in [4.78, 5) is 22.5. The van der Waals surface area contributed by atoms with Crippen molar-refractivity contribution >= 4 is 41.7 Å². The van der Waals surface area contributed by atoms with Gasteiger partial charge in [0, 0.05) is 32.1 Å².